The Morgan fingerprint density at radius 3 is 0.642 bits per heavy atom. The molecule has 0 radical (unpaired) electrons. The van der Waals surface area contributed by atoms with Gasteiger partial charge in [-0.3, -0.25) is 37.3 Å². The van der Waals surface area contributed by atoms with Crippen LogP contribution in [0.15, 0.2) is 0 Å². The van der Waals surface area contributed by atoms with Crippen LogP contribution in [0, 0.1) is 11.8 Å². The van der Waals surface area contributed by atoms with Gasteiger partial charge in [0.05, 0.1) is 26.4 Å². The van der Waals surface area contributed by atoms with Gasteiger partial charge in [-0.1, -0.05) is 414 Å². The van der Waals surface area contributed by atoms with Gasteiger partial charge in [-0.25, -0.2) is 9.13 Å². The van der Waals surface area contributed by atoms with E-state index in [2.05, 4.69) is 41.5 Å². The first-order chi connectivity index (χ1) is 51.4. The molecule has 0 aromatic heterocycles. The summed E-state index contributed by atoms with van der Waals surface area (Å²) in [5, 5.41) is 10.7. The molecular weight excluding hydrogens is 1380 g/mol. The van der Waals surface area contributed by atoms with Crippen molar-refractivity contribution >= 4 is 39.5 Å². The molecule has 5 atom stereocenters. The number of aliphatic hydroxyl groups excluding tert-OH is 1. The standard InChI is InChI=1S/C87H170O17P2/c1-7-9-11-13-15-17-19-20-21-22-23-24-29-35-41-47-53-59-65-71-86(91)104-83(76-98-85(90)70-64-58-52-46-40-34-30-25-27-32-38-43-49-55-61-67-79(3)4)78-102-106(95,96)100-74-81(88)73-99-105(93,94)101-77-82(75-97-84(89)69-63-57-51-45-37-18-16-14-12-10-8-2)103-87(92)72-66-60-54-48-42-36-31-26-28-33-39-44-50-56-62-68-80(5)6/h79-83,88H,7-78H2,1-6H3,(H,93,94)(H,95,96)/t81-,82+,83+/m0/s1. The Hall–Kier alpha value is -1.94. The number of phosphoric acid groups is 2. The van der Waals surface area contributed by atoms with Gasteiger partial charge in [0.25, 0.3) is 0 Å². The molecule has 630 valence electrons. The van der Waals surface area contributed by atoms with Crippen LogP contribution in [0.2, 0.25) is 0 Å². The van der Waals surface area contributed by atoms with Gasteiger partial charge in [0.1, 0.15) is 19.3 Å². The van der Waals surface area contributed by atoms with Crippen LogP contribution in [-0.4, -0.2) is 96.7 Å². The van der Waals surface area contributed by atoms with Crippen LogP contribution >= 0.6 is 15.6 Å². The molecular formula is C87H170O17P2. The van der Waals surface area contributed by atoms with Crippen molar-refractivity contribution in [1.82, 2.24) is 0 Å². The van der Waals surface area contributed by atoms with Crippen molar-refractivity contribution in [2.24, 2.45) is 11.8 Å². The number of hydrogen-bond donors (Lipinski definition) is 3. The topological polar surface area (TPSA) is 237 Å². The quantitative estimate of drug-likeness (QED) is 0.0222. The van der Waals surface area contributed by atoms with E-state index in [4.69, 9.17) is 37.0 Å². The summed E-state index contributed by atoms with van der Waals surface area (Å²) in [4.78, 5) is 73.3. The minimum absolute atomic E-state index is 0.108. The maximum Gasteiger partial charge on any atom is 0.472 e. The van der Waals surface area contributed by atoms with E-state index in [0.717, 1.165) is 102 Å². The Kier molecular flexibility index (Phi) is 76.9. The van der Waals surface area contributed by atoms with Crippen molar-refractivity contribution < 1.29 is 80.2 Å². The fourth-order valence-electron chi connectivity index (χ4n) is 13.6. The van der Waals surface area contributed by atoms with Crippen LogP contribution in [-0.2, 0) is 65.4 Å². The molecule has 0 saturated carbocycles. The zero-order valence-corrected chi connectivity index (χ0v) is 71.5. The molecule has 0 heterocycles. The number of carbonyl (C=O) groups excluding carboxylic acids is 4. The van der Waals surface area contributed by atoms with Crippen molar-refractivity contribution in [2.75, 3.05) is 39.6 Å². The minimum atomic E-state index is -4.97. The van der Waals surface area contributed by atoms with Gasteiger partial charge in [-0.05, 0) is 37.5 Å². The van der Waals surface area contributed by atoms with E-state index in [1.54, 1.807) is 0 Å². The van der Waals surface area contributed by atoms with Crippen LogP contribution < -0.4 is 0 Å². The van der Waals surface area contributed by atoms with Gasteiger partial charge in [0.2, 0.25) is 0 Å². The van der Waals surface area contributed by atoms with Gasteiger partial charge in [-0.15, -0.1) is 0 Å². The van der Waals surface area contributed by atoms with Gasteiger partial charge in [0, 0.05) is 25.7 Å². The average Bonchev–Trinajstić information content (AvgIpc) is 0.899. The highest BCUT2D eigenvalue weighted by molar-refractivity contribution is 7.47. The van der Waals surface area contributed by atoms with Crippen LogP contribution in [0.1, 0.15) is 465 Å². The van der Waals surface area contributed by atoms with Crippen molar-refractivity contribution in [3.63, 3.8) is 0 Å². The van der Waals surface area contributed by atoms with Gasteiger partial charge < -0.3 is 33.8 Å². The minimum Gasteiger partial charge on any atom is -0.462 e. The number of ether oxygens (including phenoxy) is 4. The molecule has 0 aliphatic heterocycles. The summed E-state index contributed by atoms with van der Waals surface area (Å²) in [5.41, 5.74) is 0. The summed E-state index contributed by atoms with van der Waals surface area (Å²) >= 11 is 0. The number of carbonyl (C=O) groups is 4. The fraction of sp³-hybridized carbons (Fsp3) is 0.954. The molecule has 0 aromatic carbocycles. The van der Waals surface area contributed by atoms with Gasteiger partial charge in [0.15, 0.2) is 12.2 Å². The molecule has 0 amide bonds. The summed E-state index contributed by atoms with van der Waals surface area (Å²) in [6, 6.07) is 0. The van der Waals surface area contributed by atoms with E-state index in [1.807, 2.05) is 0 Å². The lowest BCUT2D eigenvalue weighted by molar-refractivity contribution is -0.161. The molecule has 0 bridgehead atoms. The summed E-state index contributed by atoms with van der Waals surface area (Å²) in [5.74, 6) is -0.490. The van der Waals surface area contributed by atoms with Crippen LogP contribution in [0.25, 0.3) is 0 Å². The van der Waals surface area contributed by atoms with Crippen molar-refractivity contribution in [3.05, 3.63) is 0 Å². The summed E-state index contributed by atoms with van der Waals surface area (Å²) in [6.45, 7) is 9.73. The number of unbranched alkanes of at least 4 members (excludes halogenated alkanes) is 56. The third-order valence-corrected chi connectivity index (χ3v) is 22.4. The Labute approximate surface area is 651 Å². The zero-order valence-electron chi connectivity index (χ0n) is 69.7. The average molecular weight is 1550 g/mol. The second kappa shape index (κ2) is 78.3. The Morgan fingerprint density at radius 1 is 0.255 bits per heavy atom. The number of phosphoric ester groups is 2. The van der Waals surface area contributed by atoms with Crippen LogP contribution in [0.3, 0.4) is 0 Å². The molecule has 19 heteroatoms. The second-order valence-electron chi connectivity index (χ2n) is 32.2. The Morgan fingerprint density at radius 2 is 0.434 bits per heavy atom. The first-order valence-corrected chi connectivity index (χ1v) is 48.0. The molecule has 0 aromatic rings. The lowest BCUT2D eigenvalue weighted by atomic mass is 10.0. The molecule has 0 aliphatic rings. The molecule has 2 unspecified atom stereocenters. The Balaban J connectivity index is 5.24. The van der Waals surface area contributed by atoms with Crippen LogP contribution in [0.5, 0.6) is 0 Å². The van der Waals surface area contributed by atoms with E-state index in [-0.39, 0.29) is 25.7 Å². The molecule has 0 spiro atoms. The maximum atomic E-state index is 13.2. The monoisotopic (exact) mass is 1550 g/mol. The van der Waals surface area contributed by atoms with E-state index < -0.39 is 97.5 Å². The first-order valence-electron chi connectivity index (χ1n) is 45.0. The summed E-state index contributed by atoms with van der Waals surface area (Å²) < 4.78 is 69.0. The molecule has 106 heavy (non-hydrogen) atoms. The first kappa shape index (κ1) is 104. The van der Waals surface area contributed by atoms with Crippen molar-refractivity contribution in [1.29, 1.82) is 0 Å². The van der Waals surface area contributed by atoms with Crippen LogP contribution in [0.4, 0.5) is 0 Å². The molecule has 3 N–H and O–H groups in total. The number of rotatable bonds is 86. The summed E-state index contributed by atoms with van der Waals surface area (Å²) in [6.07, 6.45) is 70.7. The smallest absolute Gasteiger partial charge is 0.462 e. The fourth-order valence-corrected chi connectivity index (χ4v) is 15.2. The van der Waals surface area contributed by atoms with E-state index in [9.17, 15) is 43.2 Å². The zero-order chi connectivity index (χ0) is 77.8. The van der Waals surface area contributed by atoms with E-state index >= 15 is 0 Å². The number of esters is 4. The predicted molar refractivity (Wildman–Crippen MR) is 437 cm³/mol. The molecule has 17 nitrogen and oxygen atoms in total. The number of aliphatic hydroxyl groups is 1. The lowest BCUT2D eigenvalue weighted by Gasteiger charge is -2.21. The molecule has 0 aliphatic carbocycles. The normalized spacial score (nSPS) is 13.8. The molecule has 0 rings (SSSR count). The van der Waals surface area contributed by atoms with Gasteiger partial charge >= 0.3 is 39.5 Å². The van der Waals surface area contributed by atoms with Gasteiger partial charge in [-0.2, -0.15) is 0 Å². The van der Waals surface area contributed by atoms with E-state index in [0.29, 0.717) is 25.7 Å². The highest BCUT2D eigenvalue weighted by Crippen LogP contribution is 2.45. The van der Waals surface area contributed by atoms with Crippen molar-refractivity contribution in [2.45, 2.75) is 484 Å². The highest BCUT2D eigenvalue weighted by atomic mass is 31.2. The third-order valence-electron chi connectivity index (χ3n) is 20.5. The predicted octanol–water partition coefficient (Wildman–Crippen LogP) is 26.6. The third kappa shape index (κ3) is 80.1. The molecule has 0 saturated heterocycles. The van der Waals surface area contributed by atoms with Crippen molar-refractivity contribution in [3.8, 4) is 0 Å². The van der Waals surface area contributed by atoms with E-state index in [1.165, 1.54) is 283 Å². The lowest BCUT2D eigenvalue weighted by Crippen LogP contribution is -2.30. The maximum absolute atomic E-state index is 13.2. The Bertz CT molecular complexity index is 2030. The summed E-state index contributed by atoms with van der Waals surface area (Å²) in [7, 11) is -9.93. The molecule has 0 fully saturated rings. The number of hydrogen-bond acceptors (Lipinski definition) is 15. The largest absolute Gasteiger partial charge is 0.472 e. The SMILES string of the molecule is CCCCCCCCCCCCCCCCCCCCCC(=O)O[C@H](COC(=O)CCCCCCCCCCCCCCCCCC(C)C)COP(=O)(O)OC[C@@H](O)COP(=O)(O)OC[C@@H](COC(=O)CCCCCCCCCCCCC)OC(=O)CCCCCCCCCCCCCCCCCC(C)C. The second-order valence-corrected chi connectivity index (χ2v) is 35.1. The highest BCUT2D eigenvalue weighted by Gasteiger charge is 2.30.